The maximum absolute atomic E-state index is 6.09. The van der Waals surface area contributed by atoms with E-state index in [1.54, 1.807) is 6.20 Å². The van der Waals surface area contributed by atoms with Crippen LogP contribution >= 0.6 is 24.0 Å². The van der Waals surface area contributed by atoms with Gasteiger partial charge in [-0.05, 0) is 36.8 Å². The Balaban J connectivity index is 0.00000218. The molecule has 30 heavy (non-hydrogen) atoms. The first-order valence-electron chi connectivity index (χ1n) is 9.10. The topological polar surface area (TPSA) is 92.3 Å². The van der Waals surface area contributed by atoms with Crippen LogP contribution in [0, 0.1) is 0 Å². The molecule has 1 atom stereocenters. The molecule has 2 N–H and O–H groups in total. The Hall–Kier alpha value is -3.29. The number of anilines is 1. The molecular formula is C21H17Cl2N7. The summed E-state index contributed by atoms with van der Waals surface area (Å²) in [5.74, 6) is 0.567. The number of fused-ring (bicyclic) bond motifs is 2. The zero-order valence-electron chi connectivity index (χ0n) is 15.9. The third-order valence-corrected chi connectivity index (χ3v) is 5.03. The van der Waals surface area contributed by atoms with Crippen molar-refractivity contribution in [2.45, 2.75) is 13.0 Å². The van der Waals surface area contributed by atoms with E-state index in [2.05, 4.69) is 35.5 Å². The van der Waals surface area contributed by atoms with Crippen LogP contribution in [-0.2, 0) is 0 Å². The van der Waals surface area contributed by atoms with Crippen LogP contribution in [0.4, 0.5) is 5.95 Å². The number of rotatable bonds is 4. The summed E-state index contributed by atoms with van der Waals surface area (Å²) in [5.41, 5.74) is 4.41. The van der Waals surface area contributed by atoms with Gasteiger partial charge < -0.3 is 5.32 Å². The summed E-state index contributed by atoms with van der Waals surface area (Å²) in [7, 11) is 0. The molecule has 150 valence electrons. The summed E-state index contributed by atoms with van der Waals surface area (Å²) in [6.45, 7) is 2.05. The maximum Gasteiger partial charge on any atom is 0.223 e. The Morgan fingerprint density at radius 3 is 2.80 bits per heavy atom. The van der Waals surface area contributed by atoms with Gasteiger partial charge in [0.2, 0.25) is 5.95 Å². The molecule has 3 heterocycles. The lowest BCUT2D eigenvalue weighted by atomic mass is 10.1. The van der Waals surface area contributed by atoms with Crippen molar-refractivity contribution in [3.05, 3.63) is 71.8 Å². The van der Waals surface area contributed by atoms with E-state index in [9.17, 15) is 0 Å². The van der Waals surface area contributed by atoms with E-state index in [0.29, 0.717) is 16.6 Å². The highest BCUT2D eigenvalue weighted by atomic mass is 35.5. The minimum Gasteiger partial charge on any atom is -0.348 e. The molecule has 7 nitrogen and oxygen atoms in total. The Labute approximate surface area is 183 Å². The molecule has 2 aromatic carbocycles. The third kappa shape index (κ3) is 3.77. The molecule has 0 bridgehead atoms. The van der Waals surface area contributed by atoms with Gasteiger partial charge in [0.05, 0.1) is 28.8 Å². The van der Waals surface area contributed by atoms with Gasteiger partial charge in [-0.15, -0.1) is 12.4 Å². The van der Waals surface area contributed by atoms with Gasteiger partial charge in [-0.2, -0.15) is 5.10 Å². The number of H-pyrrole nitrogens is 1. The molecule has 0 amide bonds. The number of aromatic nitrogens is 6. The first kappa shape index (κ1) is 20.0. The van der Waals surface area contributed by atoms with Crippen molar-refractivity contribution in [1.82, 2.24) is 30.1 Å². The van der Waals surface area contributed by atoms with Gasteiger partial charge >= 0.3 is 0 Å². The Kier molecular flexibility index (Phi) is 5.48. The number of halogens is 2. The second kappa shape index (κ2) is 8.22. The lowest BCUT2D eigenvalue weighted by molar-refractivity contribution is 0.864. The monoisotopic (exact) mass is 437 g/mol. The number of hydrogen-bond acceptors (Lipinski definition) is 6. The predicted molar refractivity (Wildman–Crippen MR) is 121 cm³/mol. The van der Waals surface area contributed by atoms with Crippen molar-refractivity contribution in [2.24, 2.45) is 0 Å². The van der Waals surface area contributed by atoms with E-state index in [1.807, 2.05) is 55.6 Å². The lowest BCUT2D eigenvalue weighted by Crippen LogP contribution is -2.09. The molecule has 0 radical (unpaired) electrons. The largest absolute Gasteiger partial charge is 0.348 e. The number of nitrogens with one attached hydrogen (secondary N) is 2. The summed E-state index contributed by atoms with van der Waals surface area (Å²) in [6.07, 6.45) is 5.07. The highest BCUT2D eigenvalue weighted by molar-refractivity contribution is 6.30. The van der Waals surface area contributed by atoms with Crippen LogP contribution in [0.15, 0.2) is 61.2 Å². The molecule has 0 aliphatic carbocycles. The van der Waals surface area contributed by atoms with E-state index < -0.39 is 0 Å². The average molecular weight is 438 g/mol. The van der Waals surface area contributed by atoms with E-state index in [1.165, 1.54) is 6.33 Å². The van der Waals surface area contributed by atoms with Crippen LogP contribution in [0.3, 0.4) is 0 Å². The maximum atomic E-state index is 6.09. The van der Waals surface area contributed by atoms with E-state index in [4.69, 9.17) is 11.6 Å². The van der Waals surface area contributed by atoms with Crippen LogP contribution in [0.1, 0.15) is 18.5 Å². The minimum absolute atomic E-state index is 0. The van der Waals surface area contributed by atoms with Crippen molar-refractivity contribution in [3.8, 4) is 11.3 Å². The quantitative estimate of drug-likeness (QED) is 0.400. The molecule has 5 aromatic rings. The summed E-state index contributed by atoms with van der Waals surface area (Å²) < 4.78 is 0. The fourth-order valence-electron chi connectivity index (χ4n) is 3.30. The second-order valence-electron chi connectivity index (χ2n) is 6.74. The second-order valence-corrected chi connectivity index (χ2v) is 7.18. The number of hydrogen-bond donors (Lipinski definition) is 2. The molecule has 0 fully saturated rings. The summed E-state index contributed by atoms with van der Waals surface area (Å²) in [6, 6.07) is 13.8. The molecule has 9 heteroatoms. The zero-order chi connectivity index (χ0) is 19.8. The summed E-state index contributed by atoms with van der Waals surface area (Å²) >= 11 is 6.09. The van der Waals surface area contributed by atoms with Crippen LogP contribution in [0.5, 0.6) is 0 Å². The van der Waals surface area contributed by atoms with E-state index in [-0.39, 0.29) is 18.4 Å². The standard InChI is InChI=1S/C21H16ClN7.ClH/c1-12(13-3-2-4-16(22)8-13)27-21-23-9-15-7-14(5-6-18(15)28-21)19-17-10-26-29-20(17)25-11-24-19;/h2-12H,1H3,(H,23,27,28)(H,24,25,26,29);1H/t12-;/m1./s1. The summed E-state index contributed by atoms with van der Waals surface area (Å²) in [4.78, 5) is 17.7. The van der Waals surface area contributed by atoms with Crippen molar-refractivity contribution < 1.29 is 0 Å². The number of nitrogens with zero attached hydrogens (tertiary/aromatic N) is 5. The first-order valence-corrected chi connectivity index (χ1v) is 9.48. The smallest absolute Gasteiger partial charge is 0.223 e. The van der Waals surface area contributed by atoms with Gasteiger partial charge in [0, 0.05) is 22.2 Å². The molecule has 3 aromatic heterocycles. The fourth-order valence-corrected chi connectivity index (χ4v) is 3.50. The third-order valence-electron chi connectivity index (χ3n) is 4.80. The molecule has 0 aliphatic heterocycles. The average Bonchev–Trinajstić information content (AvgIpc) is 3.22. The fraction of sp³-hybridized carbons (Fsp3) is 0.0952. The molecular weight excluding hydrogens is 421 g/mol. The van der Waals surface area contributed by atoms with Gasteiger partial charge in [0.25, 0.3) is 0 Å². The van der Waals surface area contributed by atoms with E-state index in [0.717, 1.165) is 33.1 Å². The van der Waals surface area contributed by atoms with Crippen molar-refractivity contribution in [2.75, 3.05) is 5.32 Å². The van der Waals surface area contributed by atoms with Crippen LogP contribution in [0.25, 0.3) is 33.2 Å². The SMILES string of the molecule is C[C@@H](Nc1ncc2cc(-c3ncnc4[nH]ncc34)ccc2n1)c1cccc(Cl)c1.Cl. The zero-order valence-corrected chi connectivity index (χ0v) is 17.4. The number of aromatic amines is 1. The molecule has 0 saturated heterocycles. The highest BCUT2D eigenvalue weighted by Crippen LogP contribution is 2.27. The molecule has 0 spiro atoms. The molecule has 0 unspecified atom stereocenters. The van der Waals surface area contributed by atoms with Gasteiger partial charge in [0.1, 0.15) is 6.33 Å². The minimum atomic E-state index is 0. The van der Waals surface area contributed by atoms with Crippen molar-refractivity contribution in [3.63, 3.8) is 0 Å². The molecule has 5 rings (SSSR count). The normalized spacial score (nSPS) is 11.9. The van der Waals surface area contributed by atoms with Crippen LogP contribution < -0.4 is 5.32 Å². The van der Waals surface area contributed by atoms with Gasteiger partial charge in [-0.25, -0.2) is 19.9 Å². The van der Waals surface area contributed by atoms with Gasteiger partial charge in [-0.1, -0.05) is 29.8 Å². The lowest BCUT2D eigenvalue weighted by Gasteiger charge is -2.15. The first-order chi connectivity index (χ1) is 14.2. The molecule has 0 aliphatic rings. The van der Waals surface area contributed by atoms with Crippen molar-refractivity contribution in [1.29, 1.82) is 0 Å². The predicted octanol–water partition coefficient (Wildman–Crippen LogP) is 5.21. The van der Waals surface area contributed by atoms with Crippen molar-refractivity contribution >= 4 is 51.9 Å². The Morgan fingerprint density at radius 1 is 1.03 bits per heavy atom. The Bertz CT molecular complexity index is 1340. The highest BCUT2D eigenvalue weighted by Gasteiger charge is 2.11. The number of benzene rings is 2. The van der Waals surface area contributed by atoms with Crippen LogP contribution in [0.2, 0.25) is 5.02 Å². The Morgan fingerprint density at radius 2 is 1.93 bits per heavy atom. The summed E-state index contributed by atoms with van der Waals surface area (Å²) in [5, 5.41) is 12.8. The van der Waals surface area contributed by atoms with Gasteiger partial charge in [-0.3, -0.25) is 5.10 Å². The molecule has 0 saturated carbocycles. The van der Waals surface area contributed by atoms with Crippen LogP contribution in [-0.4, -0.2) is 30.1 Å². The van der Waals surface area contributed by atoms with Gasteiger partial charge in [0.15, 0.2) is 5.65 Å². The van der Waals surface area contributed by atoms with E-state index >= 15 is 0 Å².